The van der Waals surface area contributed by atoms with E-state index in [0.29, 0.717) is 11.3 Å². The number of benzene rings is 1. The van der Waals surface area contributed by atoms with Crippen molar-refractivity contribution in [1.82, 2.24) is 5.32 Å². The highest BCUT2D eigenvalue weighted by Crippen LogP contribution is 2.37. The van der Waals surface area contributed by atoms with Crippen LogP contribution in [0.2, 0.25) is 0 Å². The molecule has 1 heterocycles. The van der Waals surface area contributed by atoms with Crippen molar-refractivity contribution in [1.29, 1.82) is 0 Å². The molecule has 0 aliphatic carbocycles. The Kier molecular flexibility index (Phi) is 4.77. The quantitative estimate of drug-likeness (QED) is 0.864. The molecule has 0 radical (unpaired) electrons. The summed E-state index contributed by atoms with van der Waals surface area (Å²) in [7, 11) is 1.06. The monoisotopic (exact) mass is 333 g/mol. The summed E-state index contributed by atoms with van der Waals surface area (Å²) in [6.07, 6.45) is 0. The van der Waals surface area contributed by atoms with Gasteiger partial charge in [-0.2, -0.15) is 0 Å². The third-order valence-corrected chi connectivity index (χ3v) is 4.49. The van der Waals surface area contributed by atoms with Crippen LogP contribution in [0.3, 0.4) is 0 Å². The van der Waals surface area contributed by atoms with Gasteiger partial charge >= 0.3 is 7.12 Å². The van der Waals surface area contributed by atoms with Gasteiger partial charge in [-0.15, -0.1) is 0 Å². The zero-order chi connectivity index (χ0) is 18.3. The molecule has 1 saturated heterocycles. The van der Waals surface area contributed by atoms with Crippen LogP contribution in [0, 0.1) is 0 Å². The zero-order valence-electron chi connectivity index (χ0n) is 15.9. The molecule has 132 valence electrons. The summed E-state index contributed by atoms with van der Waals surface area (Å²) in [6, 6.07) is 5.32. The van der Waals surface area contributed by atoms with Crippen molar-refractivity contribution in [2.24, 2.45) is 0 Å². The summed E-state index contributed by atoms with van der Waals surface area (Å²) < 4.78 is 17.6. The lowest BCUT2D eigenvalue weighted by molar-refractivity contribution is 0.00578. The van der Waals surface area contributed by atoms with Gasteiger partial charge in [-0.3, -0.25) is 4.79 Å². The first-order valence-electron chi connectivity index (χ1n) is 8.22. The SMILES string of the molecule is COc1cc(C(=O)NC(C)(C)C)ccc1B1OC(C)(C)C(C)(C)O1. The summed E-state index contributed by atoms with van der Waals surface area (Å²) >= 11 is 0. The molecule has 24 heavy (non-hydrogen) atoms. The number of carbonyl (C=O) groups is 1. The molecule has 1 aromatic carbocycles. The molecule has 0 aromatic heterocycles. The van der Waals surface area contributed by atoms with Crippen LogP contribution in [0.25, 0.3) is 0 Å². The number of hydrogen-bond donors (Lipinski definition) is 1. The highest BCUT2D eigenvalue weighted by molar-refractivity contribution is 6.63. The smallest absolute Gasteiger partial charge is 0.497 e. The second kappa shape index (κ2) is 6.08. The van der Waals surface area contributed by atoms with E-state index in [1.807, 2.05) is 54.5 Å². The van der Waals surface area contributed by atoms with Crippen molar-refractivity contribution in [2.75, 3.05) is 7.11 Å². The second-order valence-corrected chi connectivity index (χ2v) is 8.25. The average molecular weight is 333 g/mol. The number of carbonyl (C=O) groups excluding carboxylic acids is 1. The zero-order valence-corrected chi connectivity index (χ0v) is 15.9. The fraction of sp³-hybridized carbons (Fsp3) is 0.611. The lowest BCUT2D eigenvalue weighted by atomic mass is 9.78. The van der Waals surface area contributed by atoms with Crippen molar-refractivity contribution in [3.63, 3.8) is 0 Å². The van der Waals surface area contributed by atoms with Gasteiger partial charge in [0, 0.05) is 16.6 Å². The molecule has 1 aliphatic heterocycles. The molecule has 2 rings (SSSR count). The number of methoxy groups -OCH3 is 1. The molecule has 0 unspecified atom stereocenters. The maximum Gasteiger partial charge on any atom is 0.498 e. The van der Waals surface area contributed by atoms with Crippen LogP contribution in [0.15, 0.2) is 18.2 Å². The summed E-state index contributed by atoms with van der Waals surface area (Å²) in [5.41, 5.74) is 0.176. The molecule has 1 aromatic rings. The second-order valence-electron chi connectivity index (χ2n) is 8.25. The Labute approximate surface area is 145 Å². The van der Waals surface area contributed by atoms with E-state index in [1.54, 1.807) is 19.2 Å². The van der Waals surface area contributed by atoms with Crippen LogP contribution in [-0.4, -0.2) is 36.9 Å². The van der Waals surface area contributed by atoms with Gasteiger partial charge in [-0.05, 0) is 60.6 Å². The van der Waals surface area contributed by atoms with E-state index in [1.165, 1.54) is 0 Å². The van der Waals surface area contributed by atoms with Gasteiger partial charge in [0.2, 0.25) is 0 Å². The molecule has 1 aliphatic rings. The van der Waals surface area contributed by atoms with Crippen molar-refractivity contribution < 1.29 is 18.8 Å². The Bertz CT molecular complexity index is 618. The largest absolute Gasteiger partial charge is 0.498 e. The van der Waals surface area contributed by atoms with E-state index in [9.17, 15) is 4.79 Å². The van der Waals surface area contributed by atoms with Crippen LogP contribution >= 0.6 is 0 Å². The van der Waals surface area contributed by atoms with E-state index in [-0.39, 0.29) is 11.4 Å². The Morgan fingerprint density at radius 3 is 2.12 bits per heavy atom. The summed E-state index contributed by atoms with van der Waals surface area (Å²) in [4.78, 5) is 12.3. The first-order valence-corrected chi connectivity index (χ1v) is 8.22. The van der Waals surface area contributed by atoms with Gasteiger partial charge in [-0.25, -0.2) is 0 Å². The van der Waals surface area contributed by atoms with E-state index in [4.69, 9.17) is 14.0 Å². The first kappa shape index (κ1) is 18.8. The van der Waals surface area contributed by atoms with Crippen LogP contribution in [0.5, 0.6) is 5.75 Å². The Morgan fingerprint density at radius 1 is 1.12 bits per heavy atom. The van der Waals surface area contributed by atoms with Gasteiger partial charge in [0.1, 0.15) is 5.75 Å². The van der Waals surface area contributed by atoms with E-state index >= 15 is 0 Å². The minimum atomic E-state index is -0.523. The Hall–Kier alpha value is -1.53. The minimum Gasteiger partial charge on any atom is -0.497 e. The summed E-state index contributed by atoms with van der Waals surface area (Å²) in [5, 5.41) is 2.94. The number of rotatable bonds is 3. The molecule has 0 bridgehead atoms. The highest BCUT2D eigenvalue weighted by Gasteiger charge is 2.52. The topological polar surface area (TPSA) is 56.8 Å². The van der Waals surface area contributed by atoms with Crippen LogP contribution < -0.4 is 15.5 Å². The Balaban J connectivity index is 2.30. The van der Waals surface area contributed by atoms with Gasteiger partial charge < -0.3 is 19.4 Å². The maximum atomic E-state index is 12.3. The minimum absolute atomic E-state index is 0.138. The molecule has 1 fully saturated rings. The predicted octanol–water partition coefficient (Wildman–Crippen LogP) is 2.52. The number of ether oxygens (including phenoxy) is 1. The molecular formula is C18H28BNO4. The van der Waals surface area contributed by atoms with Crippen LogP contribution in [0.4, 0.5) is 0 Å². The maximum absolute atomic E-state index is 12.3. The lowest BCUT2D eigenvalue weighted by Crippen LogP contribution is -2.41. The molecule has 6 heteroatoms. The lowest BCUT2D eigenvalue weighted by Gasteiger charge is -2.32. The van der Waals surface area contributed by atoms with Crippen molar-refractivity contribution in [2.45, 2.75) is 65.2 Å². The fourth-order valence-electron chi connectivity index (χ4n) is 2.43. The highest BCUT2D eigenvalue weighted by atomic mass is 16.7. The molecule has 5 nitrogen and oxygen atoms in total. The van der Waals surface area contributed by atoms with E-state index < -0.39 is 18.3 Å². The third-order valence-electron chi connectivity index (χ3n) is 4.49. The molecule has 0 spiro atoms. The summed E-state index contributed by atoms with van der Waals surface area (Å²) in [5.74, 6) is 0.441. The third kappa shape index (κ3) is 3.76. The standard InChI is InChI=1S/C18H28BNO4/c1-16(2,3)20-15(21)12-9-10-13(14(11-12)22-8)19-23-17(4,5)18(6,7)24-19/h9-11H,1-8H3,(H,20,21). The average Bonchev–Trinajstić information content (AvgIpc) is 2.64. The van der Waals surface area contributed by atoms with Crippen LogP contribution in [0.1, 0.15) is 58.8 Å². The van der Waals surface area contributed by atoms with Crippen molar-refractivity contribution in [3.8, 4) is 5.75 Å². The van der Waals surface area contributed by atoms with Gasteiger partial charge in [0.25, 0.3) is 5.91 Å². The van der Waals surface area contributed by atoms with E-state index in [0.717, 1.165) is 5.46 Å². The molecule has 1 N–H and O–H groups in total. The van der Waals surface area contributed by atoms with Gasteiger partial charge in [0.05, 0.1) is 18.3 Å². The fourth-order valence-corrected chi connectivity index (χ4v) is 2.43. The number of amides is 1. The van der Waals surface area contributed by atoms with Gasteiger partial charge in [-0.1, -0.05) is 6.07 Å². The van der Waals surface area contributed by atoms with Crippen molar-refractivity contribution >= 4 is 18.5 Å². The van der Waals surface area contributed by atoms with E-state index in [2.05, 4.69) is 5.32 Å². The van der Waals surface area contributed by atoms with Gasteiger partial charge in [0.15, 0.2) is 0 Å². The van der Waals surface area contributed by atoms with Crippen molar-refractivity contribution in [3.05, 3.63) is 23.8 Å². The Morgan fingerprint density at radius 2 is 1.67 bits per heavy atom. The predicted molar refractivity (Wildman–Crippen MR) is 95.9 cm³/mol. The number of hydrogen-bond acceptors (Lipinski definition) is 4. The molecule has 0 atom stereocenters. The molecule has 1 amide bonds. The van der Waals surface area contributed by atoms with Crippen LogP contribution in [-0.2, 0) is 9.31 Å². The molecule has 0 saturated carbocycles. The molecular weight excluding hydrogens is 305 g/mol. The summed E-state index contributed by atoms with van der Waals surface area (Å²) in [6.45, 7) is 13.9. The number of nitrogens with one attached hydrogen (secondary N) is 1. The first-order chi connectivity index (χ1) is 10.9. The normalized spacial score (nSPS) is 19.2.